The lowest BCUT2D eigenvalue weighted by molar-refractivity contribution is 0.0364. The predicted octanol–water partition coefficient (Wildman–Crippen LogP) is 3.96. The summed E-state index contributed by atoms with van der Waals surface area (Å²) in [5.41, 5.74) is 3.01. The number of ether oxygens (including phenoxy) is 4. The van der Waals surface area contributed by atoms with E-state index in [0.29, 0.717) is 44.0 Å². The third-order valence-electron chi connectivity index (χ3n) is 8.02. The van der Waals surface area contributed by atoms with Crippen LogP contribution in [-0.2, 0) is 15.9 Å². The van der Waals surface area contributed by atoms with Crippen molar-refractivity contribution in [1.29, 1.82) is 0 Å². The van der Waals surface area contributed by atoms with Gasteiger partial charge in [0.1, 0.15) is 17.9 Å². The molecule has 10 nitrogen and oxygen atoms in total. The Morgan fingerprint density at radius 1 is 0.809 bits per heavy atom. The number of allylic oxidation sites excluding steroid dienone is 1. The Labute approximate surface area is 273 Å². The first-order valence-electron chi connectivity index (χ1n) is 15.8. The van der Waals surface area contributed by atoms with Crippen LogP contribution in [0.1, 0.15) is 61.1 Å². The second kappa shape index (κ2) is 16.3. The number of carbonyl (C=O) groups excluding carboxylic acids is 3. The molecule has 1 aliphatic carbocycles. The molecule has 3 aromatic rings. The summed E-state index contributed by atoms with van der Waals surface area (Å²) in [4.78, 5) is 39.6. The Morgan fingerprint density at radius 2 is 1.43 bits per heavy atom. The van der Waals surface area contributed by atoms with Crippen LogP contribution in [-0.4, -0.2) is 82.9 Å². The van der Waals surface area contributed by atoms with E-state index < -0.39 is 11.6 Å². The molecular formula is C36H40FN3O7. The smallest absolute Gasteiger partial charge is 0.251 e. The molecule has 3 aromatic carbocycles. The molecule has 1 aliphatic heterocycles. The van der Waals surface area contributed by atoms with E-state index in [9.17, 15) is 14.4 Å². The summed E-state index contributed by atoms with van der Waals surface area (Å²) in [7, 11) is 1.32. The van der Waals surface area contributed by atoms with E-state index >= 15 is 4.39 Å². The van der Waals surface area contributed by atoms with Gasteiger partial charge < -0.3 is 34.9 Å². The zero-order chi connectivity index (χ0) is 33.2. The minimum absolute atomic E-state index is 0.0549. The predicted molar refractivity (Wildman–Crippen MR) is 175 cm³/mol. The fourth-order valence-corrected chi connectivity index (χ4v) is 5.51. The first kappa shape index (κ1) is 33.8. The van der Waals surface area contributed by atoms with Gasteiger partial charge in [0, 0.05) is 36.4 Å². The molecule has 0 bridgehead atoms. The van der Waals surface area contributed by atoms with E-state index in [0.717, 1.165) is 24.0 Å². The second-order valence-corrected chi connectivity index (χ2v) is 11.3. The molecule has 1 saturated heterocycles. The molecule has 0 spiro atoms. The molecule has 248 valence electrons. The molecule has 5 rings (SSSR count). The SMILES string of the molecule is CCCOCCOCCOc1ccc(OC)c(F)c1C(=O)c1ccc(C(=O)N[C@@H]2CNC[C@@H]2NC(=O)c2ccc3c(c2)CC=C3)cc1. The van der Waals surface area contributed by atoms with Crippen LogP contribution in [0.2, 0.25) is 0 Å². The Bertz CT molecular complexity index is 1610. The van der Waals surface area contributed by atoms with Gasteiger partial charge in [-0.25, -0.2) is 4.39 Å². The van der Waals surface area contributed by atoms with E-state index in [4.69, 9.17) is 18.9 Å². The number of carbonyl (C=O) groups is 3. The second-order valence-electron chi connectivity index (χ2n) is 11.3. The lowest BCUT2D eigenvalue weighted by Crippen LogP contribution is -2.51. The molecule has 47 heavy (non-hydrogen) atoms. The maximum Gasteiger partial charge on any atom is 0.251 e. The number of halogens is 1. The first-order valence-corrected chi connectivity index (χ1v) is 15.8. The van der Waals surface area contributed by atoms with Crippen LogP contribution in [0.4, 0.5) is 4.39 Å². The van der Waals surface area contributed by atoms with Gasteiger partial charge >= 0.3 is 0 Å². The van der Waals surface area contributed by atoms with Gasteiger partial charge in [-0.2, -0.15) is 0 Å². The maximum absolute atomic E-state index is 15.4. The van der Waals surface area contributed by atoms with E-state index in [1.165, 1.54) is 43.5 Å². The van der Waals surface area contributed by atoms with Crippen LogP contribution in [0.5, 0.6) is 11.5 Å². The minimum Gasteiger partial charge on any atom is -0.494 e. The van der Waals surface area contributed by atoms with E-state index in [1.54, 1.807) is 6.07 Å². The van der Waals surface area contributed by atoms with E-state index in [2.05, 4.69) is 22.0 Å². The zero-order valence-corrected chi connectivity index (χ0v) is 26.6. The molecule has 11 heteroatoms. The van der Waals surface area contributed by atoms with Crippen molar-refractivity contribution in [3.05, 3.63) is 99.9 Å². The van der Waals surface area contributed by atoms with Crippen molar-refractivity contribution >= 4 is 23.7 Å². The van der Waals surface area contributed by atoms with Crippen molar-refractivity contribution in [2.24, 2.45) is 0 Å². The molecule has 2 amide bonds. The van der Waals surface area contributed by atoms with Crippen LogP contribution in [0.15, 0.2) is 60.7 Å². The molecular weight excluding hydrogens is 605 g/mol. The number of ketones is 1. The lowest BCUT2D eigenvalue weighted by Gasteiger charge is -2.21. The van der Waals surface area contributed by atoms with E-state index in [-0.39, 0.29) is 59.7 Å². The molecule has 2 aliphatic rings. The summed E-state index contributed by atoms with van der Waals surface area (Å²) >= 11 is 0. The van der Waals surface area contributed by atoms with Gasteiger partial charge in [-0.15, -0.1) is 0 Å². The number of amides is 2. The minimum atomic E-state index is -0.843. The average molecular weight is 646 g/mol. The third kappa shape index (κ3) is 8.42. The molecule has 0 unspecified atom stereocenters. The number of methoxy groups -OCH3 is 1. The summed E-state index contributed by atoms with van der Waals surface area (Å²) in [6.07, 6.45) is 5.84. The number of benzene rings is 3. The van der Waals surface area contributed by atoms with Crippen molar-refractivity contribution in [2.45, 2.75) is 31.8 Å². The molecule has 0 aromatic heterocycles. The summed E-state index contributed by atoms with van der Waals surface area (Å²) in [5, 5.41) is 9.23. The largest absolute Gasteiger partial charge is 0.494 e. The molecule has 0 saturated carbocycles. The highest BCUT2D eigenvalue weighted by Crippen LogP contribution is 2.31. The van der Waals surface area contributed by atoms with Gasteiger partial charge in [-0.05, 0) is 60.4 Å². The average Bonchev–Trinajstić information content (AvgIpc) is 3.74. The van der Waals surface area contributed by atoms with Gasteiger partial charge in [0.25, 0.3) is 11.8 Å². The fraction of sp³-hybridized carbons (Fsp3) is 0.361. The standard InChI is InChI=1S/C36H40FN3O7/c1-3-15-45-16-17-46-18-19-47-30-13-14-31(44-2)33(37)32(30)34(41)24-8-10-25(11-9-24)35(42)39-28-21-38-22-29(28)40-36(43)27-12-7-23-5-4-6-26(23)20-27/h4-5,7-14,20,28-29,38H,3,6,15-19,21-22H2,1-2H3,(H,39,42)(H,40,43)/t28-,29+/m1/s1. The first-order chi connectivity index (χ1) is 22.9. The van der Waals surface area contributed by atoms with Gasteiger partial charge in [-0.3, -0.25) is 14.4 Å². The summed E-state index contributed by atoms with van der Waals surface area (Å²) in [5.74, 6) is -2.07. The van der Waals surface area contributed by atoms with Crippen LogP contribution in [0, 0.1) is 5.82 Å². The number of fused-ring (bicyclic) bond motifs is 1. The lowest BCUT2D eigenvalue weighted by atomic mass is 10.00. The quantitative estimate of drug-likeness (QED) is 0.158. The molecule has 3 N–H and O–H groups in total. The third-order valence-corrected chi connectivity index (χ3v) is 8.02. The van der Waals surface area contributed by atoms with Crippen molar-refractivity contribution < 1.29 is 37.7 Å². The summed E-state index contributed by atoms with van der Waals surface area (Å²) in [6.45, 7) is 4.86. The Hall–Kier alpha value is -4.58. The van der Waals surface area contributed by atoms with Crippen LogP contribution < -0.4 is 25.4 Å². The van der Waals surface area contributed by atoms with Crippen molar-refractivity contribution in [3.8, 4) is 11.5 Å². The topological polar surface area (TPSA) is 124 Å². The van der Waals surface area contributed by atoms with Gasteiger partial charge in [-0.1, -0.05) is 37.3 Å². The van der Waals surface area contributed by atoms with E-state index in [1.807, 2.05) is 25.1 Å². The highest BCUT2D eigenvalue weighted by molar-refractivity contribution is 6.11. The molecule has 1 heterocycles. The van der Waals surface area contributed by atoms with Crippen molar-refractivity contribution in [3.63, 3.8) is 0 Å². The van der Waals surface area contributed by atoms with Crippen molar-refractivity contribution in [1.82, 2.24) is 16.0 Å². The fourth-order valence-electron chi connectivity index (χ4n) is 5.51. The Balaban J connectivity index is 1.19. The molecule has 2 atom stereocenters. The number of nitrogens with one attached hydrogen (secondary N) is 3. The van der Waals surface area contributed by atoms with Gasteiger partial charge in [0.15, 0.2) is 17.3 Å². The summed E-state index contributed by atoms with van der Waals surface area (Å²) < 4.78 is 37.0. The highest BCUT2D eigenvalue weighted by atomic mass is 19.1. The number of rotatable bonds is 16. The van der Waals surface area contributed by atoms with Crippen LogP contribution in [0.3, 0.4) is 0 Å². The normalized spacial score (nSPS) is 16.5. The maximum atomic E-state index is 15.4. The zero-order valence-electron chi connectivity index (χ0n) is 26.6. The van der Waals surface area contributed by atoms with Crippen LogP contribution in [0.25, 0.3) is 6.08 Å². The molecule has 1 fully saturated rings. The van der Waals surface area contributed by atoms with Crippen LogP contribution >= 0.6 is 0 Å². The summed E-state index contributed by atoms with van der Waals surface area (Å²) in [6, 6.07) is 13.8. The Kier molecular flexibility index (Phi) is 11.7. The van der Waals surface area contributed by atoms with Gasteiger partial charge in [0.2, 0.25) is 0 Å². The highest BCUT2D eigenvalue weighted by Gasteiger charge is 2.31. The number of hydrogen-bond acceptors (Lipinski definition) is 8. The molecule has 0 radical (unpaired) electrons. The monoisotopic (exact) mass is 645 g/mol. The van der Waals surface area contributed by atoms with Gasteiger partial charge in [0.05, 0.1) is 39.0 Å². The van der Waals surface area contributed by atoms with Crippen molar-refractivity contribution in [2.75, 3.05) is 53.2 Å². The Morgan fingerprint density at radius 3 is 2.13 bits per heavy atom. The number of hydrogen-bond donors (Lipinski definition) is 3.